The summed E-state index contributed by atoms with van der Waals surface area (Å²) in [4.78, 5) is 36.7. The van der Waals surface area contributed by atoms with Crippen LogP contribution in [0.3, 0.4) is 0 Å². The second-order valence-corrected chi connectivity index (χ2v) is 7.77. The van der Waals surface area contributed by atoms with Crippen LogP contribution >= 0.6 is 0 Å². The number of nitrogens with one attached hydrogen (secondary N) is 1. The number of aromatic nitrogens is 2. The summed E-state index contributed by atoms with van der Waals surface area (Å²) in [6, 6.07) is 14.2. The summed E-state index contributed by atoms with van der Waals surface area (Å²) in [5.74, 6) is -1.23. The van der Waals surface area contributed by atoms with Crippen molar-refractivity contribution in [3.8, 4) is 0 Å². The van der Waals surface area contributed by atoms with Crippen molar-refractivity contribution in [2.45, 2.75) is 26.2 Å². The highest BCUT2D eigenvalue weighted by Gasteiger charge is 2.18. The van der Waals surface area contributed by atoms with E-state index >= 15 is 0 Å². The number of rotatable bonds is 4. The summed E-state index contributed by atoms with van der Waals surface area (Å²) in [6.07, 6.45) is 0. The highest BCUT2D eigenvalue weighted by atomic mass is 16.5. The molecule has 7 nitrogen and oxygen atoms in total. The van der Waals surface area contributed by atoms with Crippen LogP contribution in [0.25, 0.3) is 10.8 Å². The first kappa shape index (κ1) is 20.3. The molecular formula is C22H23N3O4. The topological polar surface area (TPSA) is 90.3 Å². The number of nitrogens with zero attached hydrogens (tertiary/aromatic N) is 2. The fourth-order valence-electron chi connectivity index (χ4n) is 2.90. The van der Waals surface area contributed by atoms with Gasteiger partial charge in [0.25, 0.3) is 11.5 Å². The minimum Gasteiger partial charge on any atom is -0.451 e. The Kier molecular flexibility index (Phi) is 5.50. The van der Waals surface area contributed by atoms with E-state index in [0.717, 1.165) is 10.2 Å². The number of hydrogen-bond donors (Lipinski definition) is 1. The first-order valence-electron chi connectivity index (χ1n) is 9.20. The zero-order valence-electron chi connectivity index (χ0n) is 16.9. The van der Waals surface area contributed by atoms with Crippen molar-refractivity contribution in [3.63, 3.8) is 0 Å². The number of esters is 1. The molecule has 0 aliphatic carbocycles. The molecule has 0 aliphatic rings. The Balaban J connectivity index is 1.68. The molecule has 1 heterocycles. The molecule has 0 aliphatic heterocycles. The lowest BCUT2D eigenvalue weighted by Gasteiger charge is -2.19. The molecule has 0 radical (unpaired) electrons. The van der Waals surface area contributed by atoms with E-state index in [1.807, 2.05) is 24.3 Å². The van der Waals surface area contributed by atoms with Gasteiger partial charge in [0.15, 0.2) is 12.3 Å². The van der Waals surface area contributed by atoms with Crippen LogP contribution in [0.15, 0.2) is 53.3 Å². The van der Waals surface area contributed by atoms with Gasteiger partial charge in [-0.2, -0.15) is 5.10 Å². The van der Waals surface area contributed by atoms with Gasteiger partial charge in [-0.05, 0) is 29.2 Å². The van der Waals surface area contributed by atoms with Crippen molar-refractivity contribution in [2.75, 3.05) is 11.9 Å². The highest BCUT2D eigenvalue weighted by molar-refractivity contribution is 6.03. The predicted molar refractivity (Wildman–Crippen MR) is 111 cm³/mol. The second-order valence-electron chi connectivity index (χ2n) is 7.77. The molecule has 3 rings (SSSR count). The van der Waals surface area contributed by atoms with Gasteiger partial charge in [-0.25, -0.2) is 9.48 Å². The summed E-state index contributed by atoms with van der Waals surface area (Å²) in [5.41, 5.74) is 1.46. The molecule has 2 aromatic carbocycles. The molecule has 1 N–H and O–H groups in total. The van der Waals surface area contributed by atoms with Crippen LogP contribution in [-0.2, 0) is 22.0 Å². The zero-order valence-corrected chi connectivity index (χ0v) is 16.9. The number of carbonyl (C=O) groups is 2. The van der Waals surface area contributed by atoms with Crippen LogP contribution in [0.4, 0.5) is 5.69 Å². The maximum absolute atomic E-state index is 12.5. The van der Waals surface area contributed by atoms with Crippen LogP contribution < -0.4 is 10.9 Å². The van der Waals surface area contributed by atoms with Crippen LogP contribution in [0.1, 0.15) is 36.8 Å². The van der Waals surface area contributed by atoms with E-state index in [2.05, 4.69) is 31.2 Å². The van der Waals surface area contributed by atoms with Gasteiger partial charge in [0, 0.05) is 18.1 Å². The van der Waals surface area contributed by atoms with Crippen LogP contribution in [0.5, 0.6) is 0 Å². The Morgan fingerprint density at radius 3 is 2.28 bits per heavy atom. The molecule has 0 atom stereocenters. The Morgan fingerprint density at radius 1 is 1.03 bits per heavy atom. The van der Waals surface area contributed by atoms with E-state index < -0.39 is 18.5 Å². The van der Waals surface area contributed by atoms with Gasteiger partial charge in [-0.1, -0.05) is 51.1 Å². The van der Waals surface area contributed by atoms with Gasteiger partial charge < -0.3 is 10.1 Å². The zero-order chi connectivity index (χ0) is 21.2. The number of amides is 1. The van der Waals surface area contributed by atoms with E-state index in [0.29, 0.717) is 16.5 Å². The van der Waals surface area contributed by atoms with Gasteiger partial charge >= 0.3 is 5.97 Å². The summed E-state index contributed by atoms with van der Waals surface area (Å²) in [6.45, 7) is 5.87. The maximum Gasteiger partial charge on any atom is 0.359 e. The van der Waals surface area contributed by atoms with Crippen molar-refractivity contribution >= 4 is 28.3 Å². The Bertz CT molecular complexity index is 1130. The average Bonchev–Trinajstić information content (AvgIpc) is 2.68. The van der Waals surface area contributed by atoms with Crippen molar-refractivity contribution in [3.05, 3.63) is 70.1 Å². The number of aryl methyl sites for hydroxylation is 1. The molecule has 0 unspecified atom stereocenters. The van der Waals surface area contributed by atoms with Crippen molar-refractivity contribution in [2.24, 2.45) is 7.05 Å². The van der Waals surface area contributed by atoms with Gasteiger partial charge in [0.1, 0.15) is 0 Å². The monoisotopic (exact) mass is 393 g/mol. The molecule has 29 heavy (non-hydrogen) atoms. The molecule has 0 saturated heterocycles. The smallest absolute Gasteiger partial charge is 0.359 e. The second kappa shape index (κ2) is 7.87. The van der Waals surface area contributed by atoms with Gasteiger partial charge in [-0.3, -0.25) is 9.59 Å². The summed E-state index contributed by atoms with van der Waals surface area (Å²) in [7, 11) is 1.46. The molecule has 1 amide bonds. The molecular weight excluding hydrogens is 370 g/mol. The van der Waals surface area contributed by atoms with Crippen molar-refractivity contribution in [1.82, 2.24) is 9.78 Å². The number of fused-ring (bicyclic) bond motifs is 1. The largest absolute Gasteiger partial charge is 0.451 e. The quantitative estimate of drug-likeness (QED) is 0.688. The first-order valence-corrected chi connectivity index (χ1v) is 9.20. The minimum atomic E-state index is -0.768. The number of anilines is 1. The van der Waals surface area contributed by atoms with Crippen molar-refractivity contribution in [1.29, 1.82) is 0 Å². The lowest BCUT2D eigenvalue weighted by Crippen LogP contribution is -2.26. The first-order chi connectivity index (χ1) is 13.7. The third kappa shape index (κ3) is 4.51. The maximum atomic E-state index is 12.5. The predicted octanol–water partition coefficient (Wildman–Crippen LogP) is 3.03. The summed E-state index contributed by atoms with van der Waals surface area (Å²) >= 11 is 0. The number of hydrogen-bond acceptors (Lipinski definition) is 5. The van der Waals surface area contributed by atoms with E-state index in [-0.39, 0.29) is 16.7 Å². The fourth-order valence-corrected chi connectivity index (χ4v) is 2.90. The lowest BCUT2D eigenvalue weighted by atomic mass is 9.87. The average molecular weight is 393 g/mol. The standard InChI is InChI=1S/C22H23N3O4/c1-22(2,3)14-9-11-15(12-10-14)23-18(26)13-29-21(28)19-16-7-5-6-8-17(16)20(27)25(4)24-19/h5-12H,13H2,1-4H3,(H,23,26). The molecule has 0 saturated carbocycles. The number of ether oxygens (including phenoxy) is 1. The van der Waals surface area contributed by atoms with E-state index in [1.165, 1.54) is 7.05 Å². The molecule has 7 heteroatoms. The van der Waals surface area contributed by atoms with Crippen LogP contribution in [-0.4, -0.2) is 28.3 Å². The van der Waals surface area contributed by atoms with E-state index in [9.17, 15) is 14.4 Å². The third-order valence-corrected chi connectivity index (χ3v) is 4.52. The lowest BCUT2D eigenvalue weighted by molar-refractivity contribution is -0.119. The van der Waals surface area contributed by atoms with Gasteiger partial charge in [0.05, 0.1) is 5.39 Å². The van der Waals surface area contributed by atoms with Gasteiger partial charge in [0.2, 0.25) is 0 Å². The van der Waals surface area contributed by atoms with E-state index in [4.69, 9.17) is 4.74 Å². The Hall–Kier alpha value is -3.48. The fraction of sp³-hybridized carbons (Fsp3) is 0.273. The molecule has 3 aromatic rings. The molecule has 0 bridgehead atoms. The molecule has 150 valence electrons. The molecule has 0 fully saturated rings. The Labute approximate surface area is 168 Å². The minimum absolute atomic E-state index is 0.00923. The molecule has 0 spiro atoms. The summed E-state index contributed by atoms with van der Waals surface area (Å²) < 4.78 is 6.19. The highest BCUT2D eigenvalue weighted by Crippen LogP contribution is 2.23. The van der Waals surface area contributed by atoms with Gasteiger partial charge in [-0.15, -0.1) is 0 Å². The SMILES string of the molecule is Cn1nc(C(=O)OCC(=O)Nc2ccc(C(C)(C)C)cc2)c2ccccc2c1=O. The van der Waals surface area contributed by atoms with E-state index in [1.54, 1.807) is 24.3 Å². The van der Waals surface area contributed by atoms with Crippen LogP contribution in [0.2, 0.25) is 0 Å². The number of benzene rings is 2. The third-order valence-electron chi connectivity index (χ3n) is 4.52. The summed E-state index contributed by atoms with van der Waals surface area (Å²) in [5, 5.41) is 7.44. The number of carbonyl (C=O) groups excluding carboxylic acids is 2. The molecule has 1 aromatic heterocycles. The van der Waals surface area contributed by atoms with Crippen molar-refractivity contribution < 1.29 is 14.3 Å². The van der Waals surface area contributed by atoms with Crippen LogP contribution in [0, 0.1) is 0 Å². The normalized spacial score (nSPS) is 11.3. The Morgan fingerprint density at radius 2 is 1.66 bits per heavy atom.